The molecule has 0 atom stereocenters. The number of rotatable bonds is 6. The van der Waals surface area contributed by atoms with Crippen LogP contribution in [0.3, 0.4) is 0 Å². The Morgan fingerprint density at radius 3 is 2.55 bits per heavy atom. The van der Waals surface area contributed by atoms with Gasteiger partial charge in [0.1, 0.15) is 5.75 Å². The maximum atomic E-state index is 12.9. The third kappa shape index (κ3) is 5.05. The summed E-state index contributed by atoms with van der Waals surface area (Å²) in [7, 11) is 1.64. The van der Waals surface area contributed by atoms with E-state index in [1.165, 1.54) is 5.56 Å². The van der Waals surface area contributed by atoms with E-state index in [9.17, 15) is 9.59 Å². The van der Waals surface area contributed by atoms with Gasteiger partial charge in [0.25, 0.3) is 0 Å². The van der Waals surface area contributed by atoms with E-state index in [4.69, 9.17) is 4.74 Å². The summed E-state index contributed by atoms with van der Waals surface area (Å²) in [4.78, 5) is 24.6. The molecule has 2 aromatic rings. The van der Waals surface area contributed by atoms with Gasteiger partial charge in [-0.05, 0) is 68.7 Å². The van der Waals surface area contributed by atoms with Gasteiger partial charge < -0.3 is 15.4 Å². The van der Waals surface area contributed by atoms with Crippen LogP contribution in [0.25, 0.3) is 5.70 Å². The number of fused-ring (bicyclic) bond motifs is 1. The number of hydrogen-bond acceptors (Lipinski definition) is 4. The average Bonchev–Trinajstić information content (AvgIpc) is 2.67. The molecule has 1 aliphatic heterocycles. The first-order chi connectivity index (χ1) is 13.8. The predicted octanol–water partition coefficient (Wildman–Crippen LogP) is 4.58. The van der Waals surface area contributed by atoms with Crippen molar-refractivity contribution in [3.8, 4) is 5.75 Å². The number of allylic oxidation sites excluding steroid dienone is 1. The number of ether oxygens (including phenoxy) is 1. The number of carbonyl (C=O) groups is 2. The van der Waals surface area contributed by atoms with Crippen molar-refractivity contribution in [1.82, 2.24) is 5.32 Å². The maximum Gasteiger partial charge on any atom is 0.224 e. The van der Waals surface area contributed by atoms with Crippen LogP contribution in [-0.4, -0.2) is 24.3 Å². The normalized spacial score (nSPS) is 15.9. The average molecular weight is 392 g/mol. The van der Waals surface area contributed by atoms with Crippen molar-refractivity contribution in [2.45, 2.75) is 45.6 Å². The topological polar surface area (TPSA) is 67.4 Å². The van der Waals surface area contributed by atoms with Gasteiger partial charge in [0.15, 0.2) is 5.78 Å². The summed E-state index contributed by atoms with van der Waals surface area (Å²) in [5.74, 6) is 0.647. The number of amides is 1. The lowest BCUT2D eigenvalue weighted by molar-refractivity contribution is -0.116. The van der Waals surface area contributed by atoms with Crippen LogP contribution >= 0.6 is 0 Å². The summed E-state index contributed by atoms with van der Waals surface area (Å²) in [6, 6.07) is 13.0. The van der Waals surface area contributed by atoms with Crippen molar-refractivity contribution in [3.63, 3.8) is 0 Å². The Morgan fingerprint density at radius 2 is 1.90 bits per heavy atom. The van der Waals surface area contributed by atoms with E-state index in [0.717, 1.165) is 29.9 Å². The standard InChI is InChI=1S/C24H28N2O3/c1-5-6-23(28)25-18-10-7-16(8-11-18)22(27)14-21-20-13-19(29-4)12-9-17(20)15-24(2,3)26-21/h7-14,26H,5-6,15H2,1-4H3,(H,25,28)/b21-14-. The minimum atomic E-state index is -0.152. The molecular weight excluding hydrogens is 364 g/mol. The molecule has 2 aromatic carbocycles. The Labute approximate surface area is 172 Å². The van der Waals surface area contributed by atoms with Crippen LogP contribution in [0.15, 0.2) is 48.5 Å². The van der Waals surface area contributed by atoms with Crippen molar-refractivity contribution in [3.05, 3.63) is 65.2 Å². The van der Waals surface area contributed by atoms with Gasteiger partial charge in [-0.1, -0.05) is 13.0 Å². The molecule has 0 aromatic heterocycles. The van der Waals surface area contributed by atoms with E-state index in [2.05, 4.69) is 30.5 Å². The number of nitrogens with one attached hydrogen (secondary N) is 2. The molecule has 1 aliphatic rings. The number of hydrogen-bond donors (Lipinski definition) is 2. The molecule has 0 bridgehead atoms. The molecule has 0 fully saturated rings. The molecule has 0 saturated carbocycles. The number of anilines is 1. The molecule has 0 saturated heterocycles. The molecule has 1 heterocycles. The highest BCUT2D eigenvalue weighted by molar-refractivity contribution is 6.09. The minimum Gasteiger partial charge on any atom is -0.497 e. The van der Waals surface area contributed by atoms with Crippen molar-refractivity contribution in [2.24, 2.45) is 0 Å². The second kappa shape index (κ2) is 8.52. The molecule has 152 valence electrons. The number of benzene rings is 2. The lowest BCUT2D eigenvalue weighted by atomic mass is 9.85. The van der Waals surface area contributed by atoms with Gasteiger partial charge in [-0.25, -0.2) is 0 Å². The van der Waals surface area contributed by atoms with E-state index in [0.29, 0.717) is 17.7 Å². The van der Waals surface area contributed by atoms with E-state index >= 15 is 0 Å². The van der Waals surface area contributed by atoms with Gasteiger partial charge in [0, 0.05) is 40.5 Å². The van der Waals surface area contributed by atoms with Crippen LogP contribution in [0.1, 0.15) is 55.1 Å². The molecular formula is C24H28N2O3. The van der Waals surface area contributed by atoms with Gasteiger partial charge in [0.05, 0.1) is 7.11 Å². The van der Waals surface area contributed by atoms with Crippen LogP contribution in [0, 0.1) is 0 Å². The first-order valence-corrected chi connectivity index (χ1v) is 9.93. The zero-order chi connectivity index (χ0) is 21.0. The van der Waals surface area contributed by atoms with Gasteiger partial charge in [0.2, 0.25) is 5.91 Å². The second-order valence-electron chi connectivity index (χ2n) is 8.01. The Hall–Kier alpha value is -3.08. The summed E-state index contributed by atoms with van der Waals surface area (Å²) in [6.07, 6.45) is 3.79. The fraction of sp³-hybridized carbons (Fsp3) is 0.333. The lowest BCUT2D eigenvalue weighted by Gasteiger charge is -2.35. The summed E-state index contributed by atoms with van der Waals surface area (Å²) in [5, 5.41) is 6.32. The molecule has 3 rings (SSSR count). The molecule has 0 aliphatic carbocycles. The monoisotopic (exact) mass is 392 g/mol. The number of carbonyl (C=O) groups excluding carboxylic acids is 2. The van der Waals surface area contributed by atoms with E-state index in [1.54, 1.807) is 37.5 Å². The molecule has 0 spiro atoms. The molecule has 5 heteroatoms. The third-order valence-corrected chi connectivity index (χ3v) is 4.92. The Bertz CT molecular complexity index is 943. The van der Waals surface area contributed by atoms with Gasteiger partial charge in [-0.15, -0.1) is 0 Å². The predicted molar refractivity (Wildman–Crippen MR) is 116 cm³/mol. The fourth-order valence-corrected chi connectivity index (χ4v) is 3.54. The summed E-state index contributed by atoms with van der Waals surface area (Å²) >= 11 is 0. The van der Waals surface area contributed by atoms with Crippen molar-refractivity contribution in [2.75, 3.05) is 12.4 Å². The Morgan fingerprint density at radius 1 is 1.17 bits per heavy atom. The zero-order valence-electron chi connectivity index (χ0n) is 17.5. The lowest BCUT2D eigenvalue weighted by Crippen LogP contribution is -2.43. The van der Waals surface area contributed by atoms with E-state index in [-0.39, 0.29) is 17.2 Å². The highest BCUT2D eigenvalue weighted by Gasteiger charge is 2.28. The van der Waals surface area contributed by atoms with Gasteiger partial charge in [-0.3, -0.25) is 9.59 Å². The van der Waals surface area contributed by atoms with E-state index in [1.807, 2.05) is 19.1 Å². The summed E-state index contributed by atoms with van der Waals surface area (Å²) < 4.78 is 5.36. The van der Waals surface area contributed by atoms with Gasteiger partial charge >= 0.3 is 0 Å². The van der Waals surface area contributed by atoms with Crippen molar-refractivity contribution < 1.29 is 14.3 Å². The minimum absolute atomic E-state index is 0.0205. The van der Waals surface area contributed by atoms with Crippen LogP contribution in [0.5, 0.6) is 5.75 Å². The molecule has 0 unspecified atom stereocenters. The molecule has 5 nitrogen and oxygen atoms in total. The molecule has 2 N–H and O–H groups in total. The van der Waals surface area contributed by atoms with Crippen molar-refractivity contribution in [1.29, 1.82) is 0 Å². The molecule has 29 heavy (non-hydrogen) atoms. The first kappa shape index (κ1) is 20.6. The van der Waals surface area contributed by atoms with Crippen LogP contribution in [0.4, 0.5) is 5.69 Å². The number of ketones is 1. The van der Waals surface area contributed by atoms with E-state index < -0.39 is 0 Å². The van der Waals surface area contributed by atoms with Gasteiger partial charge in [-0.2, -0.15) is 0 Å². The Kier molecular flexibility index (Phi) is 6.06. The summed E-state index contributed by atoms with van der Waals surface area (Å²) in [6.45, 7) is 6.20. The summed E-state index contributed by atoms with van der Waals surface area (Å²) in [5.41, 5.74) is 4.07. The maximum absolute atomic E-state index is 12.9. The highest BCUT2D eigenvalue weighted by atomic mass is 16.5. The van der Waals surface area contributed by atoms with Crippen LogP contribution in [-0.2, 0) is 11.2 Å². The zero-order valence-corrected chi connectivity index (χ0v) is 17.5. The first-order valence-electron chi connectivity index (χ1n) is 9.93. The SMILES string of the molecule is CCCC(=O)Nc1ccc(C(=O)/C=C2\NC(C)(C)Cc3ccc(OC)cc32)cc1. The fourth-order valence-electron chi connectivity index (χ4n) is 3.54. The highest BCUT2D eigenvalue weighted by Crippen LogP contribution is 2.32. The quantitative estimate of drug-likeness (QED) is 0.558. The molecule has 1 amide bonds. The third-order valence-electron chi connectivity index (χ3n) is 4.92. The second-order valence-corrected chi connectivity index (χ2v) is 8.01. The largest absolute Gasteiger partial charge is 0.497 e. The number of methoxy groups -OCH3 is 1. The van der Waals surface area contributed by atoms with Crippen molar-refractivity contribution >= 4 is 23.1 Å². The van der Waals surface area contributed by atoms with Crippen LogP contribution in [0.2, 0.25) is 0 Å². The smallest absolute Gasteiger partial charge is 0.224 e. The Balaban J connectivity index is 1.85. The van der Waals surface area contributed by atoms with Crippen LogP contribution < -0.4 is 15.4 Å². The molecule has 0 radical (unpaired) electrons.